The molecule has 0 radical (unpaired) electrons. The zero-order valence-electron chi connectivity index (χ0n) is 14.5. The molecule has 3 amide bonds. The number of benzene rings is 1. The van der Waals surface area contributed by atoms with Gasteiger partial charge in [0.15, 0.2) is 0 Å². The zero-order valence-corrected chi connectivity index (χ0v) is 14.5. The SMILES string of the molecule is Cc1cc(CN(C)C(=O)NCc2ccc(N3CCCC3=O)cc2)no1. The molecule has 1 N–H and O–H groups in total. The van der Waals surface area contributed by atoms with Crippen molar-refractivity contribution in [3.63, 3.8) is 0 Å². The van der Waals surface area contributed by atoms with Crippen LogP contribution in [0.25, 0.3) is 0 Å². The molecule has 132 valence electrons. The van der Waals surface area contributed by atoms with E-state index in [0.717, 1.165) is 35.7 Å². The van der Waals surface area contributed by atoms with Crippen LogP contribution in [0.1, 0.15) is 29.9 Å². The number of rotatable bonds is 5. The second-order valence-electron chi connectivity index (χ2n) is 6.26. The monoisotopic (exact) mass is 342 g/mol. The van der Waals surface area contributed by atoms with Gasteiger partial charge < -0.3 is 19.6 Å². The first-order valence-electron chi connectivity index (χ1n) is 8.33. The van der Waals surface area contributed by atoms with Gasteiger partial charge in [-0.15, -0.1) is 0 Å². The van der Waals surface area contributed by atoms with Crippen molar-refractivity contribution in [2.45, 2.75) is 32.9 Å². The summed E-state index contributed by atoms with van der Waals surface area (Å²) >= 11 is 0. The molecule has 1 aromatic heterocycles. The van der Waals surface area contributed by atoms with E-state index in [4.69, 9.17) is 4.52 Å². The van der Waals surface area contributed by atoms with E-state index in [1.165, 1.54) is 0 Å². The predicted molar refractivity (Wildman–Crippen MR) is 93.0 cm³/mol. The molecule has 1 saturated heterocycles. The van der Waals surface area contributed by atoms with Crippen LogP contribution < -0.4 is 10.2 Å². The maximum Gasteiger partial charge on any atom is 0.317 e. The molecule has 1 aromatic carbocycles. The Morgan fingerprint density at radius 1 is 1.36 bits per heavy atom. The number of urea groups is 1. The summed E-state index contributed by atoms with van der Waals surface area (Å²) in [6.07, 6.45) is 1.53. The Morgan fingerprint density at radius 3 is 2.72 bits per heavy atom. The Morgan fingerprint density at radius 2 is 2.12 bits per heavy atom. The normalized spacial score (nSPS) is 14.0. The topological polar surface area (TPSA) is 78.7 Å². The number of carbonyl (C=O) groups is 2. The molecule has 0 saturated carbocycles. The molecule has 0 aliphatic carbocycles. The van der Waals surface area contributed by atoms with Crippen LogP contribution in [0.5, 0.6) is 0 Å². The lowest BCUT2D eigenvalue weighted by Crippen LogP contribution is -2.36. The Bertz CT molecular complexity index is 754. The summed E-state index contributed by atoms with van der Waals surface area (Å²) in [5, 5.41) is 6.75. The third-order valence-corrected chi connectivity index (χ3v) is 4.19. The maximum absolute atomic E-state index is 12.2. The Balaban J connectivity index is 1.50. The number of nitrogens with zero attached hydrogens (tertiary/aromatic N) is 3. The van der Waals surface area contributed by atoms with Gasteiger partial charge in [-0.25, -0.2) is 4.79 Å². The number of amides is 3. The molecule has 1 aliphatic rings. The van der Waals surface area contributed by atoms with Crippen molar-refractivity contribution < 1.29 is 14.1 Å². The minimum atomic E-state index is -0.181. The summed E-state index contributed by atoms with van der Waals surface area (Å²) in [6.45, 7) is 3.41. The van der Waals surface area contributed by atoms with E-state index in [2.05, 4.69) is 10.5 Å². The minimum Gasteiger partial charge on any atom is -0.361 e. The molecule has 7 nitrogen and oxygen atoms in total. The maximum atomic E-state index is 12.2. The first-order valence-corrected chi connectivity index (χ1v) is 8.33. The van der Waals surface area contributed by atoms with Gasteiger partial charge in [0, 0.05) is 38.3 Å². The molecule has 0 spiro atoms. The Labute approximate surface area is 146 Å². The highest BCUT2D eigenvalue weighted by molar-refractivity contribution is 5.95. The molecule has 25 heavy (non-hydrogen) atoms. The van der Waals surface area contributed by atoms with Crippen LogP contribution in [-0.2, 0) is 17.9 Å². The number of aromatic nitrogens is 1. The summed E-state index contributed by atoms with van der Waals surface area (Å²) in [6, 6.07) is 9.34. The van der Waals surface area contributed by atoms with Gasteiger partial charge in [0.25, 0.3) is 0 Å². The Hall–Kier alpha value is -2.83. The van der Waals surface area contributed by atoms with Crippen LogP contribution in [0.3, 0.4) is 0 Å². The predicted octanol–water partition coefficient (Wildman–Crippen LogP) is 2.45. The Kier molecular flexibility index (Phi) is 5.02. The molecule has 1 fully saturated rings. The van der Waals surface area contributed by atoms with Crippen molar-refractivity contribution in [2.75, 3.05) is 18.5 Å². The van der Waals surface area contributed by atoms with E-state index in [1.54, 1.807) is 16.8 Å². The van der Waals surface area contributed by atoms with Gasteiger partial charge in [-0.2, -0.15) is 0 Å². The minimum absolute atomic E-state index is 0.172. The van der Waals surface area contributed by atoms with E-state index < -0.39 is 0 Å². The van der Waals surface area contributed by atoms with Crippen LogP contribution in [0.4, 0.5) is 10.5 Å². The quantitative estimate of drug-likeness (QED) is 0.905. The summed E-state index contributed by atoms with van der Waals surface area (Å²) in [5.41, 5.74) is 2.61. The van der Waals surface area contributed by atoms with Gasteiger partial charge in [0.05, 0.1) is 6.54 Å². The zero-order chi connectivity index (χ0) is 17.8. The summed E-state index contributed by atoms with van der Waals surface area (Å²) in [4.78, 5) is 27.3. The third kappa shape index (κ3) is 4.17. The average Bonchev–Trinajstić information content (AvgIpc) is 3.21. The molecule has 2 heterocycles. The van der Waals surface area contributed by atoms with Crippen molar-refractivity contribution in [2.24, 2.45) is 0 Å². The van der Waals surface area contributed by atoms with Crippen molar-refractivity contribution in [3.05, 3.63) is 47.3 Å². The highest BCUT2D eigenvalue weighted by Crippen LogP contribution is 2.21. The second-order valence-corrected chi connectivity index (χ2v) is 6.26. The largest absolute Gasteiger partial charge is 0.361 e. The highest BCUT2D eigenvalue weighted by Gasteiger charge is 2.21. The molecule has 1 aliphatic heterocycles. The van der Waals surface area contributed by atoms with Crippen molar-refractivity contribution in [3.8, 4) is 0 Å². The van der Waals surface area contributed by atoms with Crippen molar-refractivity contribution >= 4 is 17.6 Å². The van der Waals surface area contributed by atoms with Crippen LogP contribution >= 0.6 is 0 Å². The number of carbonyl (C=O) groups excluding carboxylic acids is 2. The first-order chi connectivity index (χ1) is 12.0. The fourth-order valence-electron chi connectivity index (χ4n) is 2.83. The van der Waals surface area contributed by atoms with E-state index in [1.807, 2.05) is 37.3 Å². The van der Waals surface area contributed by atoms with Gasteiger partial charge in [-0.05, 0) is 31.0 Å². The lowest BCUT2D eigenvalue weighted by Gasteiger charge is -2.18. The van der Waals surface area contributed by atoms with Crippen LogP contribution in [0.15, 0.2) is 34.9 Å². The van der Waals surface area contributed by atoms with E-state index in [9.17, 15) is 9.59 Å². The molecule has 0 bridgehead atoms. The fourth-order valence-corrected chi connectivity index (χ4v) is 2.83. The second kappa shape index (κ2) is 7.38. The highest BCUT2D eigenvalue weighted by atomic mass is 16.5. The molecule has 0 atom stereocenters. The molecule has 2 aromatic rings. The standard InChI is InChI=1S/C18H22N4O3/c1-13-10-15(20-25-13)12-21(2)18(24)19-11-14-5-7-16(8-6-14)22-9-3-4-17(22)23/h5-8,10H,3-4,9,11-12H2,1-2H3,(H,19,24). The van der Waals surface area contributed by atoms with Gasteiger partial charge in [-0.3, -0.25) is 4.79 Å². The summed E-state index contributed by atoms with van der Waals surface area (Å²) in [5.74, 6) is 0.895. The average molecular weight is 342 g/mol. The first kappa shape index (κ1) is 17.0. The lowest BCUT2D eigenvalue weighted by atomic mass is 10.2. The number of nitrogens with one attached hydrogen (secondary N) is 1. The van der Waals surface area contributed by atoms with E-state index >= 15 is 0 Å². The van der Waals surface area contributed by atoms with Gasteiger partial charge >= 0.3 is 6.03 Å². The molecular formula is C18H22N4O3. The number of hydrogen-bond acceptors (Lipinski definition) is 4. The number of hydrogen-bond donors (Lipinski definition) is 1. The van der Waals surface area contributed by atoms with Crippen molar-refractivity contribution in [1.82, 2.24) is 15.4 Å². The molecule has 7 heteroatoms. The van der Waals surface area contributed by atoms with Crippen molar-refractivity contribution in [1.29, 1.82) is 0 Å². The van der Waals surface area contributed by atoms with E-state index in [-0.39, 0.29) is 11.9 Å². The van der Waals surface area contributed by atoms with Gasteiger partial charge in [0.2, 0.25) is 5.91 Å². The van der Waals surface area contributed by atoms with Gasteiger partial charge in [-0.1, -0.05) is 17.3 Å². The smallest absolute Gasteiger partial charge is 0.317 e. The number of anilines is 1. The molecule has 3 rings (SSSR count). The lowest BCUT2D eigenvalue weighted by molar-refractivity contribution is -0.117. The van der Waals surface area contributed by atoms with E-state index in [0.29, 0.717) is 19.5 Å². The van der Waals surface area contributed by atoms with Crippen LogP contribution in [0, 0.1) is 6.92 Å². The summed E-state index contributed by atoms with van der Waals surface area (Å²) in [7, 11) is 1.71. The van der Waals surface area contributed by atoms with Gasteiger partial charge in [0.1, 0.15) is 11.5 Å². The number of aryl methyl sites for hydroxylation is 1. The van der Waals surface area contributed by atoms with Crippen LogP contribution in [-0.4, -0.2) is 35.6 Å². The fraction of sp³-hybridized carbons (Fsp3) is 0.389. The molecule has 0 unspecified atom stereocenters. The molecular weight excluding hydrogens is 320 g/mol. The summed E-state index contributed by atoms with van der Waals surface area (Å²) < 4.78 is 5.00. The van der Waals surface area contributed by atoms with Crippen LogP contribution in [0.2, 0.25) is 0 Å². The third-order valence-electron chi connectivity index (χ3n) is 4.19.